The zero-order valence-corrected chi connectivity index (χ0v) is 12.5. The van der Waals surface area contributed by atoms with E-state index in [1.54, 1.807) is 12.4 Å². The molecule has 3 rings (SSSR count). The van der Waals surface area contributed by atoms with Gasteiger partial charge in [-0.3, -0.25) is 9.88 Å². The SMILES string of the molecule is C[C@H](CN1CC[C@@H](Oc2ccncc2)C1)c1ccccc1. The molecule has 1 aromatic heterocycles. The highest BCUT2D eigenvalue weighted by molar-refractivity contribution is 5.19. The van der Waals surface area contributed by atoms with Crippen molar-refractivity contribution < 1.29 is 4.74 Å². The molecule has 1 fully saturated rings. The van der Waals surface area contributed by atoms with Gasteiger partial charge < -0.3 is 4.74 Å². The average Bonchev–Trinajstić information content (AvgIpc) is 2.96. The molecule has 0 radical (unpaired) electrons. The summed E-state index contributed by atoms with van der Waals surface area (Å²) in [6.45, 7) is 5.53. The normalized spacial score (nSPS) is 20.3. The van der Waals surface area contributed by atoms with Crippen LogP contribution in [0.3, 0.4) is 0 Å². The van der Waals surface area contributed by atoms with Crippen LogP contribution in [0, 0.1) is 0 Å². The van der Waals surface area contributed by atoms with Gasteiger partial charge in [0.25, 0.3) is 0 Å². The Hall–Kier alpha value is -1.87. The van der Waals surface area contributed by atoms with Gasteiger partial charge >= 0.3 is 0 Å². The fraction of sp³-hybridized carbons (Fsp3) is 0.389. The number of hydrogen-bond acceptors (Lipinski definition) is 3. The predicted molar refractivity (Wildman–Crippen MR) is 84.6 cm³/mol. The van der Waals surface area contributed by atoms with Gasteiger partial charge in [0.2, 0.25) is 0 Å². The first-order valence-electron chi connectivity index (χ1n) is 7.65. The lowest BCUT2D eigenvalue weighted by atomic mass is 10.0. The van der Waals surface area contributed by atoms with Crippen molar-refractivity contribution in [1.29, 1.82) is 0 Å². The van der Waals surface area contributed by atoms with Crippen molar-refractivity contribution in [3.63, 3.8) is 0 Å². The van der Waals surface area contributed by atoms with Crippen LogP contribution >= 0.6 is 0 Å². The maximum Gasteiger partial charge on any atom is 0.122 e. The minimum atomic E-state index is 0.301. The summed E-state index contributed by atoms with van der Waals surface area (Å²) in [5, 5.41) is 0. The number of benzene rings is 1. The molecule has 0 saturated carbocycles. The molecule has 110 valence electrons. The fourth-order valence-electron chi connectivity index (χ4n) is 2.94. The molecule has 21 heavy (non-hydrogen) atoms. The number of likely N-dealkylation sites (tertiary alicyclic amines) is 1. The summed E-state index contributed by atoms with van der Waals surface area (Å²) in [6.07, 6.45) is 4.96. The van der Waals surface area contributed by atoms with Gasteiger partial charge in [0, 0.05) is 32.0 Å². The molecular weight excluding hydrogens is 260 g/mol. The third kappa shape index (κ3) is 3.82. The van der Waals surface area contributed by atoms with Crippen molar-refractivity contribution in [3.8, 4) is 5.75 Å². The second-order valence-electron chi connectivity index (χ2n) is 5.78. The van der Waals surface area contributed by atoms with Gasteiger partial charge in [-0.1, -0.05) is 37.3 Å². The lowest BCUT2D eigenvalue weighted by Crippen LogP contribution is -2.28. The van der Waals surface area contributed by atoms with Crippen LogP contribution in [0.25, 0.3) is 0 Å². The smallest absolute Gasteiger partial charge is 0.122 e. The Balaban J connectivity index is 1.51. The van der Waals surface area contributed by atoms with E-state index in [1.807, 2.05) is 12.1 Å². The van der Waals surface area contributed by atoms with E-state index in [9.17, 15) is 0 Å². The third-order valence-corrected chi connectivity index (χ3v) is 4.08. The van der Waals surface area contributed by atoms with Crippen molar-refractivity contribution in [2.24, 2.45) is 0 Å². The molecule has 1 aliphatic rings. The molecule has 2 heterocycles. The van der Waals surface area contributed by atoms with Crippen molar-refractivity contribution in [2.45, 2.75) is 25.4 Å². The van der Waals surface area contributed by atoms with E-state index >= 15 is 0 Å². The first-order valence-corrected chi connectivity index (χ1v) is 7.65. The summed E-state index contributed by atoms with van der Waals surface area (Å²) in [5.41, 5.74) is 1.41. The van der Waals surface area contributed by atoms with Crippen LogP contribution in [0.2, 0.25) is 0 Å². The average molecular weight is 282 g/mol. The number of ether oxygens (including phenoxy) is 1. The molecule has 0 spiro atoms. The monoisotopic (exact) mass is 282 g/mol. The van der Waals surface area contributed by atoms with Gasteiger partial charge in [-0.15, -0.1) is 0 Å². The van der Waals surface area contributed by atoms with Crippen LogP contribution in [-0.4, -0.2) is 35.6 Å². The molecule has 2 atom stereocenters. The van der Waals surface area contributed by atoms with Gasteiger partial charge in [-0.2, -0.15) is 0 Å². The number of aromatic nitrogens is 1. The Morgan fingerprint density at radius 3 is 2.71 bits per heavy atom. The first-order chi connectivity index (χ1) is 10.3. The molecule has 1 aromatic carbocycles. The Morgan fingerprint density at radius 1 is 1.19 bits per heavy atom. The minimum absolute atomic E-state index is 0.301. The van der Waals surface area contributed by atoms with Crippen LogP contribution in [0.4, 0.5) is 0 Å². The van der Waals surface area contributed by atoms with Crippen LogP contribution in [0.5, 0.6) is 5.75 Å². The van der Waals surface area contributed by atoms with Crippen molar-refractivity contribution in [3.05, 3.63) is 60.4 Å². The first kappa shape index (κ1) is 14.1. The predicted octanol–water partition coefficient (Wildman–Crippen LogP) is 3.34. The second kappa shape index (κ2) is 6.72. The van der Waals surface area contributed by atoms with Crippen LogP contribution in [-0.2, 0) is 0 Å². The Labute approximate surface area is 126 Å². The molecule has 1 aliphatic heterocycles. The fourth-order valence-corrected chi connectivity index (χ4v) is 2.94. The highest BCUT2D eigenvalue weighted by Crippen LogP contribution is 2.21. The molecule has 0 N–H and O–H groups in total. The summed E-state index contributed by atoms with van der Waals surface area (Å²) >= 11 is 0. The van der Waals surface area contributed by atoms with E-state index in [2.05, 4.69) is 47.1 Å². The van der Waals surface area contributed by atoms with E-state index < -0.39 is 0 Å². The Bertz CT molecular complexity index is 544. The Morgan fingerprint density at radius 2 is 1.95 bits per heavy atom. The topological polar surface area (TPSA) is 25.4 Å². The maximum atomic E-state index is 6.01. The highest BCUT2D eigenvalue weighted by atomic mass is 16.5. The van der Waals surface area contributed by atoms with Gasteiger partial charge in [0.05, 0.1) is 0 Å². The largest absolute Gasteiger partial charge is 0.489 e. The number of pyridine rings is 1. The molecule has 0 amide bonds. The second-order valence-corrected chi connectivity index (χ2v) is 5.78. The van der Waals surface area contributed by atoms with E-state index in [1.165, 1.54) is 5.56 Å². The van der Waals surface area contributed by atoms with E-state index in [0.29, 0.717) is 12.0 Å². The molecule has 2 aromatic rings. The third-order valence-electron chi connectivity index (χ3n) is 4.08. The molecule has 1 saturated heterocycles. The van der Waals surface area contributed by atoms with Gasteiger partial charge in [0.15, 0.2) is 0 Å². The molecule has 3 heteroatoms. The number of hydrogen-bond donors (Lipinski definition) is 0. The van der Waals surface area contributed by atoms with E-state index in [-0.39, 0.29) is 0 Å². The van der Waals surface area contributed by atoms with Crippen molar-refractivity contribution in [2.75, 3.05) is 19.6 Å². The summed E-state index contributed by atoms with van der Waals surface area (Å²) < 4.78 is 6.01. The zero-order valence-electron chi connectivity index (χ0n) is 12.5. The van der Waals surface area contributed by atoms with Gasteiger partial charge in [-0.05, 0) is 30.0 Å². The standard InChI is InChI=1S/C18H22N2O/c1-15(16-5-3-2-4-6-16)13-20-12-9-18(14-20)21-17-7-10-19-11-8-17/h2-8,10-11,15,18H,9,12-14H2,1H3/t15-,18-/m1/s1. The van der Waals surface area contributed by atoms with Crippen LogP contribution < -0.4 is 4.74 Å². The summed E-state index contributed by atoms with van der Waals surface area (Å²) in [6, 6.07) is 14.6. The molecule has 0 bridgehead atoms. The molecule has 0 unspecified atom stereocenters. The van der Waals surface area contributed by atoms with Crippen molar-refractivity contribution in [1.82, 2.24) is 9.88 Å². The van der Waals surface area contributed by atoms with E-state index in [4.69, 9.17) is 4.74 Å². The minimum Gasteiger partial charge on any atom is -0.489 e. The molecule has 0 aliphatic carbocycles. The lowest BCUT2D eigenvalue weighted by Gasteiger charge is -2.21. The van der Waals surface area contributed by atoms with Crippen LogP contribution in [0.15, 0.2) is 54.9 Å². The number of nitrogens with zero attached hydrogens (tertiary/aromatic N) is 2. The highest BCUT2D eigenvalue weighted by Gasteiger charge is 2.25. The summed E-state index contributed by atoms with van der Waals surface area (Å²) in [4.78, 5) is 6.52. The zero-order chi connectivity index (χ0) is 14.5. The maximum absolute atomic E-state index is 6.01. The summed E-state index contributed by atoms with van der Waals surface area (Å²) in [7, 11) is 0. The number of rotatable bonds is 5. The van der Waals surface area contributed by atoms with Gasteiger partial charge in [-0.25, -0.2) is 0 Å². The Kier molecular flexibility index (Phi) is 4.51. The lowest BCUT2D eigenvalue weighted by molar-refractivity contribution is 0.198. The van der Waals surface area contributed by atoms with E-state index in [0.717, 1.165) is 31.8 Å². The van der Waals surface area contributed by atoms with Gasteiger partial charge in [0.1, 0.15) is 11.9 Å². The van der Waals surface area contributed by atoms with Crippen molar-refractivity contribution >= 4 is 0 Å². The molecule has 3 nitrogen and oxygen atoms in total. The molecular formula is C18H22N2O. The quantitative estimate of drug-likeness (QED) is 0.841. The summed E-state index contributed by atoms with van der Waals surface area (Å²) in [5.74, 6) is 1.49. The van der Waals surface area contributed by atoms with Crippen LogP contribution in [0.1, 0.15) is 24.8 Å².